The van der Waals surface area contributed by atoms with Gasteiger partial charge in [0.25, 0.3) is 5.91 Å². The maximum absolute atomic E-state index is 13.5. The van der Waals surface area contributed by atoms with Gasteiger partial charge in [-0.3, -0.25) is 14.2 Å². The lowest BCUT2D eigenvalue weighted by Gasteiger charge is -2.28. The molecular formula is C32H34FN5O3. The second-order valence-electron chi connectivity index (χ2n) is 10.6. The average molecular weight is 556 g/mol. The molecule has 8 nitrogen and oxygen atoms in total. The van der Waals surface area contributed by atoms with Gasteiger partial charge in [0.15, 0.2) is 5.82 Å². The minimum absolute atomic E-state index is 0.0388. The number of benzene rings is 1. The fourth-order valence-corrected chi connectivity index (χ4v) is 5.04. The molecule has 5 rings (SSSR count). The molecule has 1 fully saturated rings. The largest absolute Gasteiger partial charge is 0.376 e. The van der Waals surface area contributed by atoms with E-state index in [9.17, 15) is 14.4 Å². The standard InChI is InChI=1S/C32H34FN5O3/c1-3-22(6-4-9-29-36-31(37-41-29)23-10-11-23)19-38(32(39)21(2)12-14-33)27-8-5-7-24(17-27)30-25(18-34)16-26-20-40-15-13-28(26)35-30/h3,5,7-8,16-17,22-23H,1-2,4,6,9-15,19-20H2. The van der Waals surface area contributed by atoms with Crippen molar-refractivity contribution >= 4 is 11.6 Å². The van der Waals surface area contributed by atoms with Crippen LogP contribution in [0.4, 0.5) is 10.1 Å². The number of aromatic nitrogens is 3. The summed E-state index contributed by atoms with van der Waals surface area (Å²) in [6.07, 6.45) is 6.88. The zero-order valence-corrected chi connectivity index (χ0v) is 23.1. The number of fused-ring (bicyclic) bond motifs is 1. The highest BCUT2D eigenvalue weighted by molar-refractivity contribution is 6.05. The lowest BCUT2D eigenvalue weighted by atomic mass is 9.98. The normalized spacial score (nSPS) is 15.0. The highest BCUT2D eigenvalue weighted by atomic mass is 19.1. The van der Waals surface area contributed by atoms with Gasteiger partial charge >= 0.3 is 0 Å². The van der Waals surface area contributed by atoms with Gasteiger partial charge in [-0.15, -0.1) is 6.58 Å². The van der Waals surface area contributed by atoms with Crippen LogP contribution in [-0.2, 0) is 29.0 Å². The maximum atomic E-state index is 13.5. The minimum Gasteiger partial charge on any atom is -0.376 e. The summed E-state index contributed by atoms with van der Waals surface area (Å²) in [6.45, 7) is 8.56. The highest BCUT2D eigenvalue weighted by Crippen LogP contribution is 2.38. The number of nitriles is 1. The van der Waals surface area contributed by atoms with Crippen molar-refractivity contribution in [2.24, 2.45) is 5.92 Å². The van der Waals surface area contributed by atoms with Crippen LogP contribution in [0.2, 0.25) is 0 Å². The van der Waals surface area contributed by atoms with Crippen molar-refractivity contribution in [2.45, 2.75) is 57.5 Å². The van der Waals surface area contributed by atoms with Crippen molar-refractivity contribution in [2.75, 3.05) is 24.7 Å². The number of ether oxygens (including phenoxy) is 1. The molecule has 1 aromatic carbocycles. The molecule has 1 saturated carbocycles. The Morgan fingerprint density at radius 2 is 2.15 bits per heavy atom. The van der Waals surface area contributed by atoms with Crippen molar-refractivity contribution in [3.05, 3.63) is 83.7 Å². The van der Waals surface area contributed by atoms with Crippen molar-refractivity contribution < 1.29 is 18.4 Å². The number of aryl methyl sites for hydroxylation is 1. The van der Waals surface area contributed by atoms with Crippen LogP contribution in [0.15, 0.2) is 59.7 Å². The van der Waals surface area contributed by atoms with Crippen LogP contribution < -0.4 is 4.90 Å². The molecule has 3 heterocycles. The second-order valence-corrected chi connectivity index (χ2v) is 10.6. The minimum atomic E-state index is -0.662. The fraction of sp³-hybridized carbons (Fsp3) is 0.406. The van der Waals surface area contributed by atoms with Crippen molar-refractivity contribution in [3.63, 3.8) is 0 Å². The molecule has 0 saturated heterocycles. The van der Waals surface area contributed by atoms with Gasteiger partial charge in [0, 0.05) is 59.8 Å². The van der Waals surface area contributed by atoms with E-state index in [0.717, 1.165) is 48.3 Å². The molecule has 2 aliphatic rings. The third-order valence-corrected chi connectivity index (χ3v) is 7.57. The predicted octanol–water partition coefficient (Wildman–Crippen LogP) is 6.03. The Morgan fingerprint density at radius 1 is 1.29 bits per heavy atom. The van der Waals surface area contributed by atoms with E-state index in [-0.39, 0.29) is 23.8 Å². The van der Waals surface area contributed by atoms with Crippen molar-refractivity contribution in [1.29, 1.82) is 5.26 Å². The van der Waals surface area contributed by atoms with Crippen molar-refractivity contribution in [1.82, 2.24) is 15.1 Å². The van der Waals surface area contributed by atoms with Crippen molar-refractivity contribution in [3.8, 4) is 17.3 Å². The molecule has 0 N–H and O–H groups in total. The quantitative estimate of drug-likeness (QED) is 0.187. The molecule has 1 amide bonds. The average Bonchev–Trinajstić information content (AvgIpc) is 3.75. The summed E-state index contributed by atoms with van der Waals surface area (Å²) < 4.78 is 24.1. The number of halogens is 1. The van der Waals surface area contributed by atoms with Crippen LogP contribution in [0, 0.1) is 17.2 Å². The topological polar surface area (TPSA) is 105 Å². The summed E-state index contributed by atoms with van der Waals surface area (Å²) in [5.74, 6) is 1.49. The lowest BCUT2D eigenvalue weighted by molar-refractivity contribution is -0.115. The first kappa shape index (κ1) is 28.4. The first-order valence-electron chi connectivity index (χ1n) is 14.1. The Bertz CT molecular complexity index is 1470. The summed E-state index contributed by atoms with van der Waals surface area (Å²) in [5.41, 5.74) is 4.39. The van der Waals surface area contributed by atoms with Gasteiger partial charge in [0.2, 0.25) is 5.89 Å². The van der Waals surface area contributed by atoms with Crippen LogP contribution in [0.1, 0.15) is 66.6 Å². The first-order valence-corrected chi connectivity index (χ1v) is 14.1. The number of carbonyl (C=O) groups is 1. The van der Waals surface area contributed by atoms with Crippen LogP contribution in [0.3, 0.4) is 0 Å². The molecule has 9 heteroatoms. The molecular weight excluding hydrogens is 521 g/mol. The van der Waals surface area contributed by atoms with Crippen LogP contribution in [0.5, 0.6) is 0 Å². The van der Waals surface area contributed by atoms with Gasteiger partial charge in [-0.1, -0.05) is 29.9 Å². The molecule has 41 heavy (non-hydrogen) atoms. The zero-order chi connectivity index (χ0) is 28.8. The Hall–Kier alpha value is -4.16. The number of pyridine rings is 1. The van der Waals surface area contributed by atoms with Gasteiger partial charge in [-0.2, -0.15) is 10.2 Å². The van der Waals surface area contributed by atoms with Gasteiger partial charge in [0.05, 0.1) is 31.1 Å². The monoisotopic (exact) mass is 555 g/mol. The third-order valence-electron chi connectivity index (χ3n) is 7.57. The summed E-state index contributed by atoms with van der Waals surface area (Å²) >= 11 is 0. The molecule has 1 aliphatic carbocycles. The number of hydrogen-bond donors (Lipinski definition) is 0. The van der Waals surface area contributed by atoms with E-state index in [2.05, 4.69) is 29.4 Å². The molecule has 1 aliphatic heterocycles. The van der Waals surface area contributed by atoms with Crippen LogP contribution >= 0.6 is 0 Å². The molecule has 1 unspecified atom stereocenters. The number of hydrogen-bond acceptors (Lipinski definition) is 7. The van der Waals surface area contributed by atoms with E-state index in [0.29, 0.717) is 61.4 Å². The molecule has 0 bridgehead atoms. The number of anilines is 1. The fourth-order valence-electron chi connectivity index (χ4n) is 5.04. The van der Waals surface area contributed by atoms with E-state index in [4.69, 9.17) is 14.2 Å². The number of amides is 1. The number of carbonyl (C=O) groups excluding carboxylic acids is 1. The number of nitrogens with zero attached hydrogens (tertiary/aromatic N) is 5. The Labute approximate surface area is 239 Å². The van der Waals surface area contributed by atoms with Crippen LogP contribution in [-0.4, -0.2) is 40.9 Å². The third kappa shape index (κ3) is 6.77. The number of alkyl halides is 1. The van der Waals surface area contributed by atoms with Gasteiger partial charge in [0.1, 0.15) is 6.07 Å². The van der Waals surface area contributed by atoms with Gasteiger partial charge < -0.3 is 14.2 Å². The van der Waals surface area contributed by atoms with E-state index in [1.54, 1.807) is 4.90 Å². The number of rotatable bonds is 13. The van der Waals surface area contributed by atoms with Gasteiger partial charge in [-0.05, 0) is 49.8 Å². The molecule has 2 aromatic heterocycles. The summed E-state index contributed by atoms with van der Waals surface area (Å²) in [4.78, 5) is 24.5. The van der Waals surface area contributed by atoms with Crippen LogP contribution in [0.25, 0.3) is 11.3 Å². The summed E-state index contributed by atoms with van der Waals surface area (Å²) in [6, 6.07) is 11.5. The lowest BCUT2D eigenvalue weighted by Crippen LogP contribution is -2.36. The van der Waals surface area contributed by atoms with E-state index < -0.39 is 6.67 Å². The maximum Gasteiger partial charge on any atom is 0.253 e. The Morgan fingerprint density at radius 3 is 2.90 bits per heavy atom. The first-order chi connectivity index (χ1) is 20.0. The predicted molar refractivity (Wildman–Crippen MR) is 153 cm³/mol. The zero-order valence-electron chi connectivity index (χ0n) is 23.1. The molecule has 1 atom stereocenters. The Kier molecular flexibility index (Phi) is 9.00. The molecule has 212 valence electrons. The molecule has 0 radical (unpaired) electrons. The molecule has 0 spiro atoms. The van der Waals surface area contributed by atoms with Gasteiger partial charge in [-0.25, -0.2) is 0 Å². The Balaban J connectivity index is 1.37. The molecule has 3 aromatic rings. The van der Waals surface area contributed by atoms with E-state index in [1.165, 1.54) is 0 Å². The summed E-state index contributed by atoms with van der Waals surface area (Å²) in [5, 5.41) is 13.9. The second kappa shape index (κ2) is 13.0. The summed E-state index contributed by atoms with van der Waals surface area (Å²) in [7, 11) is 0. The highest BCUT2D eigenvalue weighted by Gasteiger charge is 2.29. The smallest absolute Gasteiger partial charge is 0.253 e. The SMILES string of the molecule is C=CC(CCCc1nc(C2CC2)no1)CN(C(=O)C(=C)CCF)c1cccc(-c2nc3c(cc2C#N)COCC3)c1. The van der Waals surface area contributed by atoms with E-state index in [1.807, 2.05) is 36.4 Å². The van der Waals surface area contributed by atoms with E-state index >= 15 is 0 Å².